The second-order valence-electron chi connectivity index (χ2n) is 6.21. The van der Waals surface area contributed by atoms with E-state index in [4.69, 9.17) is 11.6 Å². The number of allylic oxidation sites excluding steroid dienone is 3. The van der Waals surface area contributed by atoms with Gasteiger partial charge in [0, 0.05) is 16.9 Å². The van der Waals surface area contributed by atoms with Crippen LogP contribution in [0.25, 0.3) is 10.4 Å². The number of nitrogens with one attached hydrogen (secondary N) is 2. The number of rotatable bonds is 7. The highest BCUT2D eigenvalue weighted by molar-refractivity contribution is 7.14. The van der Waals surface area contributed by atoms with Gasteiger partial charge in [-0.15, -0.1) is 11.3 Å². The normalized spacial score (nSPS) is 9.32. The minimum atomic E-state index is -1.08. The SMILES string of the molecule is C=C/C=C\C.CC.CNCc1ccccc1.O=CNc1csc(-c2ccc(Cl)cc2)c1C(=O)O. The van der Waals surface area contributed by atoms with E-state index >= 15 is 0 Å². The summed E-state index contributed by atoms with van der Waals surface area (Å²) < 4.78 is 0. The van der Waals surface area contributed by atoms with Crippen molar-refractivity contribution < 1.29 is 14.7 Å². The van der Waals surface area contributed by atoms with Crippen molar-refractivity contribution in [3.63, 3.8) is 0 Å². The van der Waals surface area contributed by atoms with Crippen LogP contribution in [0.5, 0.6) is 0 Å². The van der Waals surface area contributed by atoms with Crippen LogP contribution in [0.4, 0.5) is 5.69 Å². The summed E-state index contributed by atoms with van der Waals surface area (Å²) in [6.07, 6.45) is 6.03. The zero-order valence-corrected chi connectivity index (χ0v) is 21.6. The Kier molecular flexibility index (Phi) is 17.5. The van der Waals surface area contributed by atoms with E-state index in [-0.39, 0.29) is 5.56 Å². The zero-order valence-electron chi connectivity index (χ0n) is 20.0. The molecule has 3 aromatic rings. The van der Waals surface area contributed by atoms with E-state index in [1.165, 1.54) is 16.9 Å². The van der Waals surface area contributed by atoms with Crippen LogP contribution in [-0.2, 0) is 11.3 Å². The highest BCUT2D eigenvalue weighted by Gasteiger charge is 2.19. The summed E-state index contributed by atoms with van der Waals surface area (Å²) in [5.41, 5.74) is 2.47. The Morgan fingerprint density at radius 3 is 2.18 bits per heavy atom. The van der Waals surface area contributed by atoms with Crippen molar-refractivity contribution in [2.45, 2.75) is 27.3 Å². The molecule has 0 radical (unpaired) electrons. The Hall–Kier alpha value is -3.19. The van der Waals surface area contributed by atoms with Crippen molar-refractivity contribution in [2.75, 3.05) is 12.4 Å². The van der Waals surface area contributed by atoms with Gasteiger partial charge in [-0.25, -0.2) is 4.79 Å². The lowest BCUT2D eigenvalue weighted by Crippen LogP contribution is -2.04. The van der Waals surface area contributed by atoms with Crippen LogP contribution in [0.2, 0.25) is 5.02 Å². The molecule has 0 saturated carbocycles. The molecule has 182 valence electrons. The molecule has 0 fully saturated rings. The number of carbonyl (C=O) groups excluding carboxylic acids is 1. The lowest BCUT2D eigenvalue weighted by atomic mass is 10.1. The molecule has 1 heterocycles. The fraction of sp³-hybridized carbons (Fsp3) is 0.185. The number of aromatic carboxylic acids is 1. The number of carbonyl (C=O) groups is 2. The Morgan fingerprint density at radius 1 is 1.12 bits per heavy atom. The van der Waals surface area contributed by atoms with Gasteiger partial charge in [-0.3, -0.25) is 4.79 Å². The molecule has 34 heavy (non-hydrogen) atoms. The van der Waals surface area contributed by atoms with Crippen LogP contribution in [0.1, 0.15) is 36.7 Å². The van der Waals surface area contributed by atoms with Crippen LogP contribution >= 0.6 is 22.9 Å². The average molecular weight is 501 g/mol. The molecule has 0 spiro atoms. The number of hydrogen-bond donors (Lipinski definition) is 3. The molecule has 0 aliphatic carbocycles. The summed E-state index contributed by atoms with van der Waals surface area (Å²) in [5, 5.41) is 16.8. The summed E-state index contributed by atoms with van der Waals surface area (Å²) in [5.74, 6) is -1.08. The highest BCUT2D eigenvalue weighted by atomic mass is 35.5. The van der Waals surface area contributed by atoms with Crippen molar-refractivity contribution in [1.29, 1.82) is 0 Å². The van der Waals surface area contributed by atoms with Gasteiger partial charge >= 0.3 is 5.97 Å². The number of amides is 1. The predicted octanol–water partition coefficient (Wildman–Crippen LogP) is 7.52. The van der Waals surface area contributed by atoms with Gasteiger partial charge in [-0.1, -0.05) is 92.7 Å². The molecule has 3 rings (SSSR count). The third-order valence-electron chi connectivity index (χ3n) is 3.88. The monoisotopic (exact) mass is 500 g/mol. The summed E-state index contributed by atoms with van der Waals surface area (Å²) in [4.78, 5) is 22.3. The molecule has 2 aromatic carbocycles. The molecule has 0 aliphatic heterocycles. The Labute approximate surface area is 211 Å². The maximum Gasteiger partial charge on any atom is 0.339 e. The minimum absolute atomic E-state index is 0.0921. The first-order valence-electron chi connectivity index (χ1n) is 10.7. The Morgan fingerprint density at radius 2 is 1.74 bits per heavy atom. The van der Waals surface area contributed by atoms with E-state index in [2.05, 4.69) is 29.3 Å². The first kappa shape index (κ1) is 30.8. The molecule has 0 bridgehead atoms. The second-order valence-corrected chi connectivity index (χ2v) is 7.52. The molecule has 0 unspecified atom stereocenters. The van der Waals surface area contributed by atoms with Gasteiger partial charge < -0.3 is 15.7 Å². The molecular formula is C27H33ClN2O3S. The smallest absolute Gasteiger partial charge is 0.339 e. The lowest BCUT2D eigenvalue weighted by Gasteiger charge is -2.02. The third-order valence-corrected chi connectivity index (χ3v) is 5.16. The Bertz CT molecular complexity index is 1000. The van der Waals surface area contributed by atoms with Gasteiger partial charge in [-0.05, 0) is 37.2 Å². The fourth-order valence-electron chi connectivity index (χ4n) is 2.49. The van der Waals surface area contributed by atoms with Gasteiger partial charge in [-0.2, -0.15) is 0 Å². The molecule has 0 saturated heterocycles. The topological polar surface area (TPSA) is 78.4 Å². The first-order chi connectivity index (χ1) is 16.5. The van der Waals surface area contributed by atoms with Crippen molar-refractivity contribution >= 4 is 41.0 Å². The molecule has 5 nitrogen and oxygen atoms in total. The molecule has 7 heteroatoms. The highest BCUT2D eigenvalue weighted by Crippen LogP contribution is 2.36. The van der Waals surface area contributed by atoms with Crippen molar-refractivity contribution in [3.8, 4) is 10.4 Å². The van der Waals surface area contributed by atoms with Gasteiger partial charge in [0.15, 0.2) is 0 Å². The molecule has 1 amide bonds. The zero-order chi connectivity index (χ0) is 25.8. The van der Waals surface area contributed by atoms with E-state index in [0.717, 1.165) is 12.1 Å². The second kappa shape index (κ2) is 19.3. The standard InChI is InChI=1S/C12H8ClNO3S.C8H11N.C5H8.C2H6/c13-8-3-1-7(2-4-8)11-10(12(16)17)9(5-18-11)14-6-15;1-9-7-8-5-3-2-4-6-8;1-3-5-4-2;1-2/h1-6H,(H,14,15)(H,16,17);2-6,9H,7H2,1H3;3-5H,1H2,2H3;1-2H3/b;;5-4-;. The van der Waals surface area contributed by atoms with Gasteiger partial charge in [0.25, 0.3) is 0 Å². The Balaban J connectivity index is 0.000000567. The van der Waals surface area contributed by atoms with Crippen LogP contribution in [0.15, 0.2) is 84.8 Å². The number of halogens is 1. The summed E-state index contributed by atoms with van der Waals surface area (Å²) >= 11 is 7.04. The minimum Gasteiger partial charge on any atom is -0.478 e. The van der Waals surface area contributed by atoms with Crippen molar-refractivity contribution in [2.24, 2.45) is 0 Å². The summed E-state index contributed by atoms with van der Waals surface area (Å²) in [6.45, 7) is 10.4. The first-order valence-corrected chi connectivity index (χ1v) is 12.0. The quantitative estimate of drug-likeness (QED) is 0.231. The van der Waals surface area contributed by atoms with E-state index < -0.39 is 5.97 Å². The van der Waals surface area contributed by atoms with E-state index in [1.807, 2.05) is 58.2 Å². The predicted molar refractivity (Wildman–Crippen MR) is 147 cm³/mol. The molecule has 0 aliphatic rings. The number of carboxylic acid groups (broad SMARTS) is 1. The summed E-state index contributed by atoms with van der Waals surface area (Å²) in [6, 6.07) is 17.2. The van der Waals surface area contributed by atoms with Gasteiger partial charge in [0.2, 0.25) is 6.41 Å². The van der Waals surface area contributed by atoms with Crippen molar-refractivity contribution in [1.82, 2.24) is 5.32 Å². The van der Waals surface area contributed by atoms with Crippen LogP contribution in [0.3, 0.4) is 0 Å². The van der Waals surface area contributed by atoms with E-state index in [9.17, 15) is 14.7 Å². The number of anilines is 1. The van der Waals surface area contributed by atoms with Crippen molar-refractivity contribution in [3.05, 3.63) is 101 Å². The maximum absolute atomic E-state index is 11.2. The van der Waals surface area contributed by atoms with Crippen LogP contribution in [0, 0.1) is 0 Å². The fourth-order valence-corrected chi connectivity index (χ4v) is 3.62. The third kappa shape index (κ3) is 11.6. The van der Waals surface area contributed by atoms with Gasteiger partial charge in [0.1, 0.15) is 5.56 Å². The lowest BCUT2D eigenvalue weighted by molar-refractivity contribution is -0.105. The average Bonchev–Trinajstić information content (AvgIpc) is 3.27. The molecule has 3 N–H and O–H groups in total. The summed E-state index contributed by atoms with van der Waals surface area (Å²) in [7, 11) is 1.95. The van der Waals surface area contributed by atoms with Crippen LogP contribution < -0.4 is 10.6 Å². The molecule has 1 aromatic heterocycles. The van der Waals surface area contributed by atoms with E-state index in [1.54, 1.807) is 35.7 Å². The number of benzene rings is 2. The maximum atomic E-state index is 11.2. The number of thiophene rings is 1. The van der Waals surface area contributed by atoms with Crippen LogP contribution in [-0.4, -0.2) is 24.5 Å². The molecular weight excluding hydrogens is 468 g/mol. The number of carboxylic acids is 1. The molecule has 0 atom stereocenters. The number of hydrogen-bond acceptors (Lipinski definition) is 4. The largest absolute Gasteiger partial charge is 0.478 e. The van der Waals surface area contributed by atoms with Gasteiger partial charge in [0.05, 0.1) is 10.6 Å². The van der Waals surface area contributed by atoms with E-state index in [0.29, 0.717) is 22.0 Å².